The first-order valence-corrected chi connectivity index (χ1v) is 8.99. The second kappa shape index (κ2) is 8.36. The highest BCUT2D eigenvalue weighted by Crippen LogP contribution is 2.24. The van der Waals surface area contributed by atoms with Crippen molar-refractivity contribution in [3.8, 4) is 0 Å². The van der Waals surface area contributed by atoms with Crippen LogP contribution in [0.2, 0.25) is 0 Å². The number of ketones is 1. The minimum Gasteiger partial charge on any atom is -0.396 e. The lowest BCUT2D eigenvalue weighted by molar-refractivity contribution is 0.0980. The number of hydrogen-bond acceptors (Lipinski definition) is 5. The highest BCUT2D eigenvalue weighted by atomic mass is 16.1. The monoisotopic (exact) mass is 360 g/mol. The highest BCUT2D eigenvalue weighted by molar-refractivity contribution is 5.96. The molecule has 0 aliphatic carbocycles. The molecule has 6 N–H and O–H groups in total. The number of aromatic nitrogens is 1. The van der Waals surface area contributed by atoms with Crippen molar-refractivity contribution >= 4 is 23.1 Å². The van der Waals surface area contributed by atoms with Crippen LogP contribution in [0.25, 0.3) is 0 Å². The van der Waals surface area contributed by atoms with E-state index in [1.165, 1.54) is 5.56 Å². The fourth-order valence-corrected chi connectivity index (χ4v) is 3.12. The van der Waals surface area contributed by atoms with Gasteiger partial charge in [-0.2, -0.15) is 0 Å². The van der Waals surface area contributed by atoms with Gasteiger partial charge in [0.1, 0.15) is 11.6 Å². The SMILES string of the molecule is Nc1cc(Cc2cccc(C(=O)CCCc3ccccc3)c2)c(N)c(N)n1. The zero-order valence-electron chi connectivity index (χ0n) is 15.2. The Balaban J connectivity index is 1.65. The Morgan fingerprint density at radius 3 is 2.41 bits per heavy atom. The van der Waals surface area contributed by atoms with Gasteiger partial charge in [0.05, 0.1) is 5.69 Å². The van der Waals surface area contributed by atoms with Gasteiger partial charge < -0.3 is 17.2 Å². The molecule has 138 valence electrons. The van der Waals surface area contributed by atoms with Gasteiger partial charge in [0, 0.05) is 12.0 Å². The fourth-order valence-electron chi connectivity index (χ4n) is 3.12. The van der Waals surface area contributed by atoms with Crippen molar-refractivity contribution in [1.29, 1.82) is 0 Å². The molecule has 0 amide bonds. The van der Waals surface area contributed by atoms with Crippen molar-refractivity contribution in [3.63, 3.8) is 0 Å². The number of hydrogen-bond donors (Lipinski definition) is 3. The average Bonchev–Trinajstić information content (AvgIpc) is 2.67. The smallest absolute Gasteiger partial charge is 0.162 e. The Hall–Kier alpha value is -3.34. The van der Waals surface area contributed by atoms with Crippen LogP contribution in [-0.2, 0) is 12.8 Å². The molecule has 0 bridgehead atoms. The minimum atomic E-state index is 0.148. The second-order valence-electron chi connectivity index (χ2n) is 6.64. The Morgan fingerprint density at radius 1 is 0.889 bits per heavy atom. The predicted molar refractivity (Wildman–Crippen MR) is 110 cm³/mol. The van der Waals surface area contributed by atoms with Crippen LogP contribution in [0.4, 0.5) is 17.3 Å². The number of carbonyl (C=O) groups is 1. The Bertz CT molecular complexity index is 938. The van der Waals surface area contributed by atoms with E-state index in [-0.39, 0.29) is 11.6 Å². The number of nitrogens with two attached hydrogens (primary N) is 3. The molecule has 1 heterocycles. The fraction of sp³-hybridized carbons (Fsp3) is 0.182. The predicted octanol–water partition coefficient (Wildman–Crippen LogP) is 3.62. The van der Waals surface area contributed by atoms with Crippen molar-refractivity contribution in [2.75, 3.05) is 17.2 Å². The van der Waals surface area contributed by atoms with Crippen molar-refractivity contribution < 1.29 is 4.79 Å². The lowest BCUT2D eigenvalue weighted by Crippen LogP contribution is -2.06. The summed E-state index contributed by atoms with van der Waals surface area (Å²) in [5.41, 5.74) is 21.8. The van der Waals surface area contributed by atoms with E-state index in [4.69, 9.17) is 17.2 Å². The molecule has 3 rings (SSSR count). The van der Waals surface area contributed by atoms with Gasteiger partial charge in [-0.1, -0.05) is 48.5 Å². The van der Waals surface area contributed by atoms with Crippen molar-refractivity contribution in [1.82, 2.24) is 4.98 Å². The summed E-state index contributed by atoms with van der Waals surface area (Å²) >= 11 is 0. The zero-order valence-corrected chi connectivity index (χ0v) is 15.2. The Morgan fingerprint density at radius 2 is 1.63 bits per heavy atom. The maximum atomic E-state index is 12.5. The number of aryl methyl sites for hydroxylation is 1. The van der Waals surface area contributed by atoms with Crippen molar-refractivity contribution in [3.05, 3.63) is 82.9 Å². The summed E-state index contributed by atoms with van der Waals surface area (Å²) in [7, 11) is 0. The van der Waals surface area contributed by atoms with E-state index in [0.29, 0.717) is 29.9 Å². The summed E-state index contributed by atoms with van der Waals surface area (Å²) in [6.07, 6.45) is 2.80. The lowest BCUT2D eigenvalue weighted by atomic mass is 9.98. The molecule has 2 aromatic carbocycles. The third kappa shape index (κ3) is 4.85. The van der Waals surface area contributed by atoms with Crippen LogP contribution in [-0.4, -0.2) is 10.8 Å². The van der Waals surface area contributed by atoms with E-state index < -0.39 is 0 Å². The van der Waals surface area contributed by atoms with Crippen molar-refractivity contribution in [2.24, 2.45) is 0 Å². The van der Waals surface area contributed by atoms with Crippen LogP contribution in [0.5, 0.6) is 0 Å². The van der Waals surface area contributed by atoms with Crippen LogP contribution in [0.1, 0.15) is 39.9 Å². The van der Waals surface area contributed by atoms with E-state index in [1.54, 1.807) is 6.07 Å². The number of benzene rings is 2. The molecular formula is C22H24N4O. The molecule has 0 aliphatic rings. The first kappa shape index (κ1) is 18.5. The van der Waals surface area contributed by atoms with E-state index >= 15 is 0 Å². The van der Waals surface area contributed by atoms with Gasteiger partial charge in [0.15, 0.2) is 5.78 Å². The molecule has 0 spiro atoms. The highest BCUT2D eigenvalue weighted by Gasteiger charge is 2.10. The van der Waals surface area contributed by atoms with Gasteiger partial charge in [-0.15, -0.1) is 0 Å². The molecule has 0 unspecified atom stereocenters. The van der Waals surface area contributed by atoms with E-state index in [1.807, 2.05) is 42.5 Å². The molecule has 3 aromatic rings. The summed E-state index contributed by atoms with van der Waals surface area (Å²) in [6, 6.07) is 19.6. The van der Waals surface area contributed by atoms with Crippen LogP contribution in [0, 0.1) is 0 Å². The maximum Gasteiger partial charge on any atom is 0.162 e. The van der Waals surface area contributed by atoms with Gasteiger partial charge in [0.2, 0.25) is 0 Å². The van der Waals surface area contributed by atoms with Gasteiger partial charge in [-0.05, 0) is 48.1 Å². The first-order valence-electron chi connectivity index (χ1n) is 8.99. The normalized spacial score (nSPS) is 10.7. The largest absolute Gasteiger partial charge is 0.396 e. The number of rotatable bonds is 7. The summed E-state index contributed by atoms with van der Waals surface area (Å²) in [5.74, 6) is 0.720. The van der Waals surface area contributed by atoms with E-state index in [2.05, 4.69) is 17.1 Å². The molecule has 0 fully saturated rings. The number of Topliss-reactive ketones (excluding diaryl/α,β-unsaturated/α-hetero) is 1. The maximum absolute atomic E-state index is 12.5. The Kier molecular flexibility index (Phi) is 5.71. The molecule has 1 aromatic heterocycles. The molecule has 0 atom stereocenters. The number of nitrogen functional groups attached to an aromatic ring is 3. The standard InChI is InChI=1S/C22H24N4O/c23-20-14-18(21(24)22(25)26-20)13-16-9-4-10-17(12-16)19(27)11-5-8-15-6-2-1-3-7-15/h1-4,6-7,9-10,12,14H,5,8,11,13,24H2,(H4,23,25,26). The quantitative estimate of drug-likeness (QED) is 0.558. The summed E-state index contributed by atoms with van der Waals surface area (Å²) < 4.78 is 0. The van der Waals surface area contributed by atoms with Gasteiger partial charge in [-0.25, -0.2) is 4.98 Å². The van der Waals surface area contributed by atoms with Gasteiger partial charge in [0.25, 0.3) is 0 Å². The third-order valence-corrected chi connectivity index (χ3v) is 4.55. The molecule has 27 heavy (non-hydrogen) atoms. The van der Waals surface area contributed by atoms with Crippen molar-refractivity contribution in [2.45, 2.75) is 25.7 Å². The summed E-state index contributed by atoms with van der Waals surface area (Å²) in [4.78, 5) is 16.5. The third-order valence-electron chi connectivity index (χ3n) is 4.55. The number of pyridine rings is 1. The molecule has 0 radical (unpaired) electrons. The summed E-state index contributed by atoms with van der Waals surface area (Å²) in [6.45, 7) is 0. The number of carbonyl (C=O) groups excluding carboxylic acids is 1. The topological polar surface area (TPSA) is 108 Å². The molecule has 0 aliphatic heterocycles. The van der Waals surface area contributed by atoms with Crippen LogP contribution < -0.4 is 17.2 Å². The minimum absolute atomic E-state index is 0.148. The van der Waals surface area contributed by atoms with E-state index in [9.17, 15) is 4.79 Å². The van der Waals surface area contributed by atoms with Gasteiger partial charge >= 0.3 is 0 Å². The number of nitrogens with zero attached hydrogens (tertiary/aromatic N) is 1. The zero-order chi connectivity index (χ0) is 19.2. The summed E-state index contributed by atoms with van der Waals surface area (Å²) in [5, 5.41) is 0. The van der Waals surface area contributed by atoms with Crippen LogP contribution in [0.15, 0.2) is 60.7 Å². The second-order valence-corrected chi connectivity index (χ2v) is 6.64. The molecule has 5 nitrogen and oxygen atoms in total. The first-order chi connectivity index (χ1) is 13.0. The molecule has 5 heteroatoms. The average molecular weight is 360 g/mol. The molecule has 0 saturated heterocycles. The van der Waals surface area contributed by atoms with Crippen LogP contribution in [0.3, 0.4) is 0 Å². The molecule has 0 saturated carbocycles. The van der Waals surface area contributed by atoms with Gasteiger partial charge in [-0.3, -0.25) is 4.79 Å². The lowest BCUT2D eigenvalue weighted by Gasteiger charge is -2.10. The van der Waals surface area contributed by atoms with Crippen LogP contribution >= 0.6 is 0 Å². The number of anilines is 3. The van der Waals surface area contributed by atoms with E-state index in [0.717, 1.165) is 24.0 Å². The Labute approximate surface area is 159 Å². The molecular weight excluding hydrogens is 336 g/mol.